The van der Waals surface area contributed by atoms with E-state index in [2.05, 4.69) is 52.1 Å². The van der Waals surface area contributed by atoms with Crippen molar-refractivity contribution in [3.63, 3.8) is 0 Å². The third-order valence-electron chi connectivity index (χ3n) is 3.19. The second-order valence-electron chi connectivity index (χ2n) is 4.38. The number of nitrogens with two attached hydrogens (primary N) is 1. The molecule has 2 nitrogen and oxygen atoms in total. The number of nitrogens with zero attached hydrogens (tertiary/aromatic N) is 1. The smallest absolute Gasteiger partial charge is 0.0797 e. The Morgan fingerprint density at radius 1 is 1.33 bits per heavy atom. The van der Waals surface area contributed by atoms with Gasteiger partial charge in [0.25, 0.3) is 0 Å². The highest BCUT2D eigenvalue weighted by Gasteiger charge is 2.11. The lowest BCUT2D eigenvalue weighted by molar-refractivity contribution is 0.635. The van der Waals surface area contributed by atoms with Crippen LogP contribution in [0.25, 0.3) is 0 Å². The monoisotopic (exact) mass is 324 g/mol. The molecule has 0 amide bonds. The molecule has 0 bridgehead atoms. The molecule has 0 saturated carbocycles. The summed E-state index contributed by atoms with van der Waals surface area (Å²) in [4.78, 5) is 5.67. The summed E-state index contributed by atoms with van der Waals surface area (Å²) in [5.74, 6) is 0.430. The Balaban J connectivity index is 2.01. The third kappa shape index (κ3) is 3.40. The molecule has 18 heavy (non-hydrogen) atoms. The Morgan fingerprint density at radius 2 is 2.06 bits per heavy atom. The standard InChI is InChI=1S/C14H17BrN2S/c1-10-14(18-9-17-10)7-4-12(8-16)11-2-5-13(15)6-3-11/h2-3,5-6,9,12H,4,7-8,16H2,1H3. The van der Waals surface area contributed by atoms with Crippen LogP contribution in [0, 0.1) is 6.92 Å². The summed E-state index contributed by atoms with van der Waals surface area (Å²) in [5.41, 5.74) is 10.3. The first-order chi connectivity index (χ1) is 8.70. The molecule has 0 spiro atoms. The molecule has 96 valence electrons. The van der Waals surface area contributed by atoms with Crippen LogP contribution in [0.1, 0.15) is 28.5 Å². The fraction of sp³-hybridized carbons (Fsp3) is 0.357. The summed E-state index contributed by atoms with van der Waals surface area (Å²) in [5, 5.41) is 0. The molecular formula is C14H17BrN2S. The van der Waals surface area contributed by atoms with Gasteiger partial charge in [0, 0.05) is 9.35 Å². The van der Waals surface area contributed by atoms with Crippen LogP contribution in [0.4, 0.5) is 0 Å². The van der Waals surface area contributed by atoms with Gasteiger partial charge in [0.15, 0.2) is 0 Å². The minimum absolute atomic E-state index is 0.430. The Morgan fingerprint density at radius 3 is 2.61 bits per heavy atom. The maximum atomic E-state index is 5.90. The van der Waals surface area contributed by atoms with E-state index in [0.717, 1.165) is 23.0 Å². The lowest BCUT2D eigenvalue weighted by Crippen LogP contribution is -2.13. The summed E-state index contributed by atoms with van der Waals surface area (Å²) in [6, 6.07) is 8.47. The predicted octanol–water partition coefficient (Wildman–Crippen LogP) is 3.89. The van der Waals surface area contributed by atoms with Crippen LogP contribution >= 0.6 is 27.3 Å². The lowest BCUT2D eigenvalue weighted by atomic mass is 9.94. The predicted molar refractivity (Wildman–Crippen MR) is 81.1 cm³/mol. The number of rotatable bonds is 5. The Kier molecular flexibility index (Phi) is 4.92. The van der Waals surface area contributed by atoms with Gasteiger partial charge in [0.05, 0.1) is 11.2 Å². The molecule has 0 aliphatic heterocycles. The van der Waals surface area contributed by atoms with Crippen molar-refractivity contribution in [3.05, 3.63) is 50.4 Å². The highest BCUT2D eigenvalue weighted by Crippen LogP contribution is 2.24. The normalized spacial score (nSPS) is 12.6. The number of thiazole rings is 1. The van der Waals surface area contributed by atoms with Gasteiger partial charge in [-0.25, -0.2) is 4.98 Å². The molecule has 2 rings (SSSR count). The van der Waals surface area contributed by atoms with E-state index in [4.69, 9.17) is 5.73 Å². The van der Waals surface area contributed by atoms with Gasteiger partial charge in [-0.15, -0.1) is 11.3 Å². The Bertz CT molecular complexity index is 493. The fourth-order valence-electron chi connectivity index (χ4n) is 2.03. The molecule has 0 saturated heterocycles. The van der Waals surface area contributed by atoms with E-state index in [1.54, 1.807) is 11.3 Å². The van der Waals surface area contributed by atoms with E-state index >= 15 is 0 Å². The van der Waals surface area contributed by atoms with Gasteiger partial charge in [-0.1, -0.05) is 28.1 Å². The van der Waals surface area contributed by atoms with E-state index in [-0.39, 0.29) is 0 Å². The van der Waals surface area contributed by atoms with Crippen LogP contribution < -0.4 is 5.73 Å². The summed E-state index contributed by atoms with van der Waals surface area (Å²) in [6.07, 6.45) is 2.15. The van der Waals surface area contributed by atoms with Crippen molar-refractivity contribution >= 4 is 27.3 Å². The molecule has 0 fully saturated rings. The zero-order valence-electron chi connectivity index (χ0n) is 10.4. The molecule has 0 aliphatic rings. The van der Waals surface area contributed by atoms with Crippen molar-refractivity contribution in [2.45, 2.75) is 25.7 Å². The third-order valence-corrected chi connectivity index (χ3v) is 4.71. The average Bonchev–Trinajstić information content (AvgIpc) is 2.78. The minimum atomic E-state index is 0.430. The van der Waals surface area contributed by atoms with Crippen LogP contribution in [0.15, 0.2) is 34.2 Å². The van der Waals surface area contributed by atoms with Crippen molar-refractivity contribution in [2.24, 2.45) is 5.73 Å². The summed E-state index contributed by atoms with van der Waals surface area (Å²) in [6.45, 7) is 2.77. The van der Waals surface area contributed by atoms with Crippen LogP contribution in [0.5, 0.6) is 0 Å². The maximum absolute atomic E-state index is 5.90. The summed E-state index contributed by atoms with van der Waals surface area (Å²) >= 11 is 5.20. The molecule has 1 aromatic heterocycles. The van der Waals surface area contributed by atoms with E-state index < -0.39 is 0 Å². The molecule has 2 aromatic rings. The number of aryl methyl sites for hydroxylation is 2. The molecule has 1 unspecified atom stereocenters. The highest BCUT2D eigenvalue weighted by atomic mass is 79.9. The van der Waals surface area contributed by atoms with Crippen molar-refractivity contribution in [1.82, 2.24) is 4.98 Å². The first-order valence-corrected chi connectivity index (χ1v) is 7.72. The summed E-state index contributed by atoms with van der Waals surface area (Å²) in [7, 11) is 0. The van der Waals surface area contributed by atoms with E-state index in [9.17, 15) is 0 Å². The maximum Gasteiger partial charge on any atom is 0.0797 e. The zero-order valence-corrected chi connectivity index (χ0v) is 12.8. The minimum Gasteiger partial charge on any atom is -0.330 e. The highest BCUT2D eigenvalue weighted by molar-refractivity contribution is 9.10. The second kappa shape index (κ2) is 6.45. The van der Waals surface area contributed by atoms with Crippen molar-refractivity contribution in [1.29, 1.82) is 0 Å². The largest absolute Gasteiger partial charge is 0.330 e. The Labute approximate surface area is 120 Å². The van der Waals surface area contributed by atoms with Crippen LogP contribution in [0.2, 0.25) is 0 Å². The van der Waals surface area contributed by atoms with Gasteiger partial charge in [-0.3, -0.25) is 0 Å². The second-order valence-corrected chi connectivity index (χ2v) is 6.24. The molecule has 1 aromatic carbocycles. The topological polar surface area (TPSA) is 38.9 Å². The van der Waals surface area contributed by atoms with Gasteiger partial charge in [0.1, 0.15) is 0 Å². The van der Waals surface area contributed by atoms with Gasteiger partial charge < -0.3 is 5.73 Å². The quantitative estimate of drug-likeness (QED) is 0.906. The first-order valence-electron chi connectivity index (χ1n) is 6.05. The number of hydrogen-bond donors (Lipinski definition) is 1. The Hall–Kier alpha value is -0.710. The average molecular weight is 325 g/mol. The van der Waals surface area contributed by atoms with Crippen molar-refractivity contribution in [2.75, 3.05) is 6.54 Å². The first kappa shape index (κ1) is 13.7. The van der Waals surface area contributed by atoms with Crippen LogP contribution in [-0.2, 0) is 6.42 Å². The molecule has 1 atom stereocenters. The van der Waals surface area contributed by atoms with Gasteiger partial charge in [-0.05, 0) is 49.9 Å². The van der Waals surface area contributed by atoms with Gasteiger partial charge >= 0.3 is 0 Å². The molecular weight excluding hydrogens is 308 g/mol. The van der Waals surface area contributed by atoms with Crippen molar-refractivity contribution in [3.8, 4) is 0 Å². The number of hydrogen-bond acceptors (Lipinski definition) is 3. The number of benzene rings is 1. The lowest BCUT2D eigenvalue weighted by Gasteiger charge is -2.15. The number of aromatic nitrogens is 1. The number of halogens is 1. The zero-order chi connectivity index (χ0) is 13.0. The van der Waals surface area contributed by atoms with E-state index in [0.29, 0.717) is 12.5 Å². The van der Waals surface area contributed by atoms with Gasteiger partial charge in [0.2, 0.25) is 0 Å². The van der Waals surface area contributed by atoms with E-state index in [1.807, 2.05) is 5.51 Å². The molecule has 0 aliphatic carbocycles. The molecule has 0 radical (unpaired) electrons. The van der Waals surface area contributed by atoms with Gasteiger partial charge in [-0.2, -0.15) is 0 Å². The molecule has 1 heterocycles. The SMILES string of the molecule is Cc1ncsc1CCC(CN)c1ccc(Br)cc1. The fourth-order valence-corrected chi connectivity index (χ4v) is 3.09. The summed E-state index contributed by atoms with van der Waals surface area (Å²) < 4.78 is 1.11. The van der Waals surface area contributed by atoms with Crippen molar-refractivity contribution < 1.29 is 0 Å². The van der Waals surface area contributed by atoms with Crippen LogP contribution in [-0.4, -0.2) is 11.5 Å². The molecule has 2 N–H and O–H groups in total. The molecule has 4 heteroatoms. The van der Waals surface area contributed by atoms with Crippen LogP contribution in [0.3, 0.4) is 0 Å². The van der Waals surface area contributed by atoms with E-state index in [1.165, 1.54) is 10.4 Å².